The molecule has 0 radical (unpaired) electrons. The molecule has 66 valence electrons. The van der Waals surface area contributed by atoms with Gasteiger partial charge in [-0.1, -0.05) is 0 Å². The van der Waals surface area contributed by atoms with Crippen molar-refractivity contribution < 1.29 is 13.7 Å². The third-order valence-corrected chi connectivity index (χ3v) is 1.92. The van der Waals surface area contributed by atoms with Crippen LogP contribution in [-0.4, -0.2) is 43.2 Å². The van der Waals surface area contributed by atoms with Crippen LogP contribution in [-0.2, 0) is 11.1 Å². The summed E-state index contributed by atoms with van der Waals surface area (Å²) in [5.74, 6) is 0. The van der Waals surface area contributed by atoms with Gasteiger partial charge in [0.1, 0.15) is 0 Å². The zero-order valence-corrected chi connectivity index (χ0v) is 6.65. The number of nitrogens with zero attached hydrogens (tertiary/aromatic N) is 1. The Balaban J connectivity index is 0.00000144. The Kier molecular flexibility index (Phi) is 5.34. The Hall–Kier alpha value is -0.270. The molecule has 1 aromatic rings. The molecule has 0 fully saturated rings. The fraction of sp³-hybridized carbons (Fsp3) is 0. The monoisotopic (exact) mass is 211 g/mol. The summed E-state index contributed by atoms with van der Waals surface area (Å²) in [6.45, 7) is 0. The molecule has 1 atom stereocenters. The number of hydrogen-bond acceptors (Lipinski definition) is 3. The first-order valence-electron chi connectivity index (χ1n) is 2.96. The molecule has 0 aromatic heterocycles. The molecule has 0 aliphatic carbocycles. The molecule has 0 saturated carbocycles. The van der Waals surface area contributed by atoms with Crippen molar-refractivity contribution in [3.05, 3.63) is 34.4 Å². The van der Waals surface area contributed by atoms with E-state index < -0.39 is 16.0 Å². The molecule has 0 bridgehead atoms. The van der Waals surface area contributed by atoms with Crippen molar-refractivity contribution in [2.75, 3.05) is 0 Å². The minimum absolute atomic E-state index is 0. The van der Waals surface area contributed by atoms with Gasteiger partial charge in [0.05, 0.1) is 9.82 Å². The summed E-state index contributed by atoms with van der Waals surface area (Å²) >= 11 is -2.07. The van der Waals surface area contributed by atoms with E-state index in [1.807, 2.05) is 0 Å². The van der Waals surface area contributed by atoms with Crippen molar-refractivity contribution in [1.29, 1.82) is 0 Å². The van der Waals surface area contributed by atoms with Crippen molar-refractivity contribution in [3.63, 3.8) is 0 Å². The first-order chi connectivity index (χ1) is 5.61. The summed E-state index contributed by atoms with van der Waals surface area (Å²) in [6.07, 6.45) is 0. The average molecular weight is 211 g/mol. The fourth-order valence-electron chi connectivity index (χ4n) is 0.684. The van der Waals surface area contributed by atoms with Gasteiger partial charge in [0.2, 0.25) is 0 Å². The number of nitro groups is 1. The number of non-ortho nitro benzene ring substituents is 1. The molecule has 7 heteroatoms. The van der Waals surface area contributed by atoms with Crippen LogP contribution in [0, 0.1) is 10.1 Å². The SMILES string of the molecule is O=[N+]([O-])c1ccc(S(=O)O)cc1.[NaH]. The molecule has 0 heterocycles. The Morgan fingerprint density at radius 1 is 1.31 bits per heavy atom. The zero-order valence-electron chi connectivity index (χ0n) is 5.84. The van der Waals surface area contributed by atoms with Gasteiger partial charge < -0.3 is 4.55 Å². The van der Waals surface area contributed by atoms with Crippen LogP contribution in [0.5, 0.6) is 0 Å². The van der Waals surface area contributed by atoms with Crippen molar-refractivity contribution in [2.24, 2.45) is 0 Å². The summed E-state index contributed by atoms with van der Waals surface area (Å²) in [4.78, 5) is 9.74. The summed E-state index contributed by atoms with van der Waals surface area (Å²) in [5.41, 5.74) is -0.0933. The van der Waals surface area contributed by atoms with E-state index in [-0.39, 0.29) is 40.1 Å². The molecule has 1 aromatic carbocycles. The van der Waals surface area contributed by atoms with E-state index >= 15 is 0 Å². The summed E-state index contributed by atoms with van der Waals surface area (Å²) in [6, 6.07) is 4.86. The zero-order chi connectivity index (χ0) is 9.14. The van der Waals surface area contributed by atoms with Gasteiger partial charge in [-0.3, -0.25) is 10.1 Å². The standard InChI is InChI=1S/C6H5NO4S.Na.H/c8-7(9)5-1-3-6(4-2-5)12(10)11;;/h1-4H,(H,10,11);;. The molecule has 0 spiro atoms. The van der Waals surface area contributed by atoms with Crippen LogP contribution in [0.15, 0.2) is 29.2 Å². The molecule has 1 rings (SSSR count). The molecule has 0 aliphatic rings. The summed E-state index contributed by atoms with van der Waals surface area (Å²) in [5, 5.41) is 10.1. The second-order valence-corrected chi connectivity index (χ2v) is 2.97. The molecule has 5 nitrogen and oxygen atoms in total. The Bertz CT molecular complexity index is 293. The van der Waals surface area contributed by atoms with Crippen LogP contribution in [0.3, 0.4) is 0 Å². The predicted octanol–water partition coefficient (Wildman–Crippen LogP) is 0.527. The van der Waals surface area contributed by atoms with E-state index in [2.05, 4.69) is 0 Å². The first-order valence-corrected chi connectivity index (χ1v) is 4.07. The van der Waals surface area contributed by atoms with E-state index in [4.69, 9.17) is 4.55 Å². The van der Waals surface area contributed by atoms with Crippen molar-refractivity contribution >= 4 is 46.3 Å². The van der Waals surface area contributed by atoms with Crippen LogP contribution in [0.1, 0.15) is 0 Å². The maximum absolute atomic E-state index is 10.4. The molecule has 13 heavy (non-hydrogen) atoms. The van der Waals surface area contributed by atoms with Crippen LogP contribution in [0.4, 0.5) is 5.69 Å². The van der Waals surface area contributed by atoms with Crippen LogP contribution in [0.2, 0.25) is 0 Å². The molecular formula is C6H6NNaO4S. The van der Waals surface area contributed by atoms with E-state index in [1.54, 1.807) is 0 Å². The third-order valence-electron chi connectivity index (χ3n) is 1.25. The van der Waals surface area contributed by atoms with Gasteiger partial charge in [-0.25, -0.2) is 4.21 Å². The van der Waals surface area contributed by atoms with Crippen LogP contribution in [0.25, 0.3) is 0 Å². The molecule has 1 N–H and O–H groups in total. The number of hydrogen-bond donors (Lipinski definition) is 1. The maximum atomic E-state index is 10.4. The Morgan fingerprint density at radius 2 is 1.77 bits per heavy atom. The van der Waals surface area contributed by atoms with E-state index in [9.17, 15) is 14.3 Å². The van der Waals surface area contributed by atoms with Gasteiger partial charge in [0.15, 0.2) is 11.1 Å². The topological polar surface area (TPSA) is 80.4 Å². The quantitative estimate of drug-likeness (QED) is 0.335. The van der Waals surface area contributed by atoms with E-state index in [0.717, 1.165) is 0 Å². The minimum atomic E-state index is -2.07. The molecule has 0 aliphatic heterocycles. The molecule has 1 unspecified atom stereocenters. The predicted molar refractivity (Wildman–Crippen MR) is 49.3 cm³/mol. The number of nitro benzene ring substituents is 1. The Labute approximate surface area is 98.9 Å². The van der Waals surface area contributed by atoms with Crippen LogP contribution < -0.4 is 0 Å². The van der Waals surface area contributed by atoms with Crippen molar-refractivity contribution in [2.45, 2.75) is 4.90 Å². The number of benzene rings is 1. The third kappa shape index (κ3) is 3.53. The van der Waals surface area contributed by atoms with Gasteiger partial charge >= 0.3 is 29.6 Å². The van der Waals surface area contributed by atoms with E-state index in [1.165, 1.54) is 24.3 Å². The van der Waals surface area contributed by atoms with Gasteiger partial charge in [0, 0.05) is 12.1 Å². The second kappa shape index (κ2) is 5.46. The van der Waals surface area contributed by atoms with Gasteiger partial charge in [0.25, 0.3) is 5.69 Å². The van der Waals surface area contributed by atoms with Gasteiger partial charge in [-0.2, -0.15) is 0 Å². The second-order valence-electron chi connectivity index (χ2n) is 2.00. The van der Waals surface area contributed by atoms with Crippen molar-refractivity contribution in [3.8, 4) is 0 Å². The fourth-order valence-corrected chi connectivity index (χ4v) is 1.05. The Morgan fingerprint density at radius 3 is 2.08 bits per heavy atom. The van der Waals surface area contributed by atoms with Crippen molar-refractivity contribution in [1.82, 2.24) is 0 Å². The summed E-state index contributed by atoms with van der Waals surface area (Å²) < 4.78 is 19.0. The van der Waals surface area contributed by atoms with E-state index in [0.29, 0.717) is 0 Å². The summed E-state index contributed by atoms with van der Waals surface area (Å²) in [7, 11) is 0. The van der Waals surface area contributed by atoms with Gasteiger partial charge in [-0.15, -0.1) is 0 Å². The molecule has 0 amide bonds. The molecular weight excluding hydrogens is 205 g/mol. The molecule has 0 saturated heterocycles. The first kappa shape index (κ1) is 12.7. The van der Waals surface area contributed by atoms with Crippen LogP contribution >= 0.6 is 0 Å². The normalized spacial score (nSPS) is 11.5. The number of rotatable bonds is 2. The average Bonchev–Trinajstić information content (AvgIpc) is 2.04. The van der Waals surface area contributed by atoms with Gasteiger partial charge in [-0.05, 0) is 12.1 Å².